The second kappa shape index (κ2) is 7.40. The number of quaternary nitrogens is 1. The highest BCUT2D eigenvalue weighted by Gasteiger charge is 2.31. The van der Waals surface area contributed by atoms with E-state index in [1.807, 2.05) is 18.2 Å². The van der Waals surface area contributed by atoms with Crippen molar-refractivity contribution in [3.05, 3.63) is 42.0 Å². The molecule has 2 aromatic rings. The quantitative estimate of drug-likeness (QED) is 0.767. The van der Waals surface area contributed by atoms with Gasteiger partial charge in [0.15, 0.2) is 23.0 Å². The van der Waals surface area contributed by atoms with Crippen LogP contribution in [0.15, 0.2) is 41.3 Å². The molecule has 8 nitrogen and oxygen atoms in total. The van der Waals surface area contributed by atoms with Crippen molar-refractivity contribution in [1.82, 2.24) is 4.31 Å². The highest BCUT2D eigenvalue weighted by atomic mass is 32.2. The summed E-state index contributed by atoms with van der Waals surface area (Å²) in [5, 5.41) is 0. The minimum atomic E-state index is -3.55. The molecule has 1 fully saturated rings. The normalized spacial score (nSPS) is 19.3. The van der Waals surface area contributed by atoms with Crippen LogP contribution in [0.2, 0.25) is 0 Å². The molecule has 3 aliphatic rings. The molecule has 3 heterocycles. The zero-order valence-corrected chi connectivity index (χ0v) is 16.7. The van der Waals surface area contributed by atoms with Gasteiger partial charge in [0, 0.05) is 11.6 Å². The molecule has 0 aromatic heterocycles. The Hall–Kier alpha value is -2.49. The van der Waals surface area contributed by atoms with Gasteiger partial charge in [-0.15, -0.1) is 0 Å². The van der Waals surface area contributed by atoms with Crippen LogP contribution in [-0.4, -0.2) is 58.9 Å². The lowest BCUT2D eigenvalue weighted by atomic mass is 10.2. The highest BCUT2D eigenvalue weighted by molar-refractivity contribution is 7.89. The summed E-state index contributed by atoms with van der Waals surface area (Å²) in [6.45, 7) is 4.46. The van der Waals surface area contributed by atoms with Gasteiger partial charge < -0.3 is 23.8 Å². The molecule has 29 heavy (non-hydrogen) atoms. The van der Waals surface area contributed by atoms with Gasteiger partial charge in [0.2, 0.25) is 16.8 Å². The number of piperazine rings is 1. The van der Waals surface area contributed by atoms with Crippen LogP contribution >= 0.6 is 0 Å². The molecule has 0 atom stereocenters. The van der Waals surface area contributed by atoms with Crippen LogP contribution in [0.4, 0.5) is 0 Å². The number of ether oxygens (including phenoxy) is 4. The second-order valence-corrected chi connectivity index (χ2v) is 9.26. The van der Waals surface area contributed by atoms with Gasteiger partial charge in [-0.3, -0.25) is 0 Å². The lowest BCUT2D eigenvalue weighted by Gasteiger charge is -2.31. The van der Waals surface area contributed by atoms with E-state index in [1.54, 1.807) is 22.5 Å². The zero-order valence-electron chi connectivity index (χ0n) is 15.9. The van der Waals surface area contributed by atoms with E-state index in [2.05, 4.69) is 0 Å². The number of benzene rings is 2. The summed E-state index contributed by atoms with van der Waals surface area (Å²) in [7, 11) is -3.55. The molecule has 154 valence electrons. The molecule has 0 radical (unpaired) electrons. The van der Waals surface area contributed by atoms with E-state index in [4.69, 9.17) is 18.9 Å². The molecule has 2 aromatic carbocycles. The third-order valence-electron chi connectivity index (χ3n) is 5.47. The Kier molecular flexibility index (Phi) is 4.73. The van der Waals surface area contributed by atoms with Crippen LogP contribution in [0.25, 0.3) is 0 Å². The molecule has 5 rings (SSSR count). The van der Waals surface area contributed by atoms with E-state index in [9.17, 15) is 8.42 Å². The Morgan fingerprint density at radius 1 is 0.828 bits per heavy atom. The van der Waals surface area contributed by atoms with Gasteiger partial charge in [0.1, 0.15) is 19.8 Å². The summed E-state index contributed by atoms with van der Waals surface area (Å²) in [5.41, 5.74) is 1.16. The fourth-order valence-corrected chi connectivity index (χ4v) is 5.35. The predicted molar refractivity (Wildman–Crippen MR) is 103 cm³/mol. The van der Waals surface area contributed by atoms with Gasteiger partial charge in [-0.2, -0.15) is 4.31 Å². The SMILES string of the molecule is O=S(=O)(c1ccc2c(c1)OCCO2)N1CC[NH+](Cc2ccc3c(c2)OCO3)CC1. The lowest BCUT2D eigenvalue weighted by molar-refractivity contribution is -0.917. The molecule has 1 N–H and O–H groups in total. The molecule has 9 heteroatoms. The maximum atomic E-state index is 13.1. The smallest absolute Gasteiger partial charge is 0.243 e. The average Bonchev–Trinajstić information content (AvgIpc) is 3.22. The first-order valence-corrected chi connectivity index (χ1v) is 11.2. The third kappa shape index (κ3) is 3.61. The summed E-state index contributed by atoms with van der Waals surface area (Å²) < 4.78 is 49.5. The second-order valence-electron chi connectivity index (χ2n) is 7.32. The van der Waals surface area contributed by atoms with E-state index in [1.165, 1.54) is 4.90 Å². The Morgan fingerprint density at radius 2 is 1.48 bits per heavy atom. The van der Waals surface area contributed by atoms with Crippen molar-refractivity contribution < 1.29 is 32.3 Å². The number of rotatable bonds is 4. The Morgan fingerprint density at radius 3 is 2.31 bits per heavy atom. The van der Waals surface area contributed by atoms with Crippen LogP contribution in [0, 0.1) is 0 Å². The van der Waals surface area contributed by atoms with E-state index >= 15 is 0 Å². The number of nitrogens with one attached hydrogen (secondary N) is 1. The van der Waals surface area contributed by atoms with E-state index < -0.39 is 10.0 Å². The summed E-state index contributed by atoms with van der Waals surface area (Å²) in [6, 6.07) is 10.8. The van der Waals surface area contributed by atoms with Crippen LogP contribution in [0.5, 0.6) is 23.0 Å². The van der Waals surface area contributed by atoms with Gasteiger partial charge in [-0.25, -0.2) is 8.42 Å². The molecule has 3 aliphatic heterocycles. The molecule has 1 saturated heterocycles. The Bertz CT molecular complexity index is 1020. The first kappa shape index (κ1) is 18.5. The summed E-state index contributed by atoms with van der Waals surface area (Å²) >= 11 is 0. The standard InChI is InChI=1S/C20H22N2O6S/c23-29(24,16-2-4-17-20(12-16)26-10-9-25-17)22-7-5-21(6-8-22)13-15-1-3-18-19(11-15)28-14-27-18/h1-4,11-12H,5-10,13-14H2/p+1. The van der Waals surface area contributed by atoms with Gasteiger partial charge in [-0.1, -0.05) is 0 Å². The van der Waals surface area contributed by atoms with E-state index in [0.29, 0.717) is 37.8 Å². The largest absolute Gasteiger partial charge is 0.486 e. The first-order valence-electron chi connectivity index (χ1n) is 9.71. The number of nitrogens with zero attached hydrogens (tertiary/aromatic N) is 1. The number of hydrogen-bond acceptors (Lipinski definition) is 6. The minimum Gasteiger partial charge on any atom is -0.486 e. The fraction of sp³-hybridized carbons (Fsp3) is 0.400. The number of sulfonamides is 1. The van der Waals surface area contributed by atoms with Crippen molar-refractivity contribution in [3.8, 4) is 23.0 Å². The lowest BCUT2D eigenvalue weighted by Crippen LogP contribution is -3.13. The van der Waals surface area contributed by atoms with Crippen molar-refractivity contribution in [2.45, 2.75) is 11.4 Å². The van der Waals surface area contributed by atoms with Crippen molar-refractivity contribution in [2.24, 2.45) is 0 Å². The third-order valence-corrected chi connectivity index (χ3v) is 7.37. The van der Waals surface area contributed by atoms with Gasteiger partial charge in [0.05, 0.1) is 31.1 Å². The number of fused-ring (bicyclic) bond motifs is 2. The molecule has 0 spiro atoms. The highest BCUT2D eigenvalue weighted by Crippen LogP contribution is 2.33. The predicted octanol–water partition coefficient (Wildman–Crippen LogP) is 0.276. The molecule has 0 bridgehead atoms. The summed E-state index contributed by atoms with van der Waals surface area (Å²) in [6.07, 6.45) is 0. The van der Waals surface area contributed by atoms with Crippen molar-refractivity contribution in [1.29, 1.82) is 0 Å². The Labute approximate surface area is 169 Å². The molecule has 0 aliphatic carbocycles. The van der Waals surface area contributed by atoms with E-state index in [-0.39, 0.29) is 11.7 Å². The van der Waals surface area contributed by atoms with Gasteiger partial charge >= 0.3 is 0 Å². The minimum absolute atomic E-state index is 0.251. The molecule has 0 saturated carbocycles. The summed E-state index contributed by atoms with van der Waals surface area (Å²) in [5.74, 6) is 2.64. The fourth-order valence-electron chi connectivity index (χ4n) is 3.89. The summed E-state index contributed by atoms with van der Waals surface area (Å²) in [4.78, 5) is 1.60. The topological polar surface area (TPSA) is 78.7 Å². The molecular weight excluding hydrogens is 396 g/mol. The Balaban J connectivity index is 1.24. The number of hydrogen-bond donors (Lipinski definition) is 1. The van der Waals surface area contributed by atoms with Crippen LogP contribution in [-0.2, 0) is 16.6 Å². The monoisotopic (exact) mass is 419 g/mol. The maximum absolute atomic E-state index is 13.1. The zero-order chi connectivity index (χ0) is 19.8. The molecule has 0 amide bonds. The maximum Gasteiger partial charge on any atom is 0.243 e. The van der Waals surface area contributed by atoms with Crippen molar-refractivity contribution in [2.75, 3.05) is 46.2 Å². The van der Waals surface area contributed by atoms with Crippen LogP contribution in [0.1, 0.15) is 5.56 Å². The molecular formula is C20H23N2O6S+. The van der Waals surface area contributed by atoms with E-state index in [0.717, 1.165) is 36.7 Å². The van der Waals surface area contributed by atoms with Crippen molar-refractivity contribution >= 4 is 10.0 Å². The van der Waals surface area contributed by atoms with Crippen molar-refractivity contribution in [3.63, 3.8) is 0 Å². The van der Waals surface area contributed by atoms with Crippen LogP contribution in [0.3, 0.4) is 0 Å². The molecule has 0 unspecified atom stereocenters. The van der Waals surface area contributed by atoms with Crippen LogP contribution < -0.4 is 23.8 Å². The van der Waals surface area contributed by atoms with Gasteiger partial charge in [-0.05, 0) is 30.3 Å². The average molecular weight is 419 g/mol. The van der Waals surface area contributed by atoms with Gasteiger partial charge in [0.25, 0.3) is 0 Å². The first-order chi connectivity index (χ1) is 14.1.